The number of fused-ring (bicyclic) bond motifs is 1. The lowest BCUT2D eigenvalue weighted by Crippen LogP contribution is -2.44. The molecule has 2 heterocycles. The third-order valence-corrected chi connectivity index (χ3v) is 7.28. The molecule has 2 N–H and O–H groups in total. The first kappa shape index (κ1) is 16.0. The van der Waals surface area contributed by atoms with Crippen molar-refractivity contribution in [1.29, 1.82) is 0 Å². The number of carbonyl (C=O) groups is 1. The van der Waals surface area contributed by atoms with Crippen molar-refractivity contribution in [3.8, 4) is 0 Å². The molecule has 5 nitrogen and oxygen atoms in total. The van der Waals surface area contributed by atoms with Gasteiger partial charge >= 0.3 is 0 Å². The Hall–Kier alpha value is -0.920. The van der Waals surface area contributed by atoms with E-state index in [0.29, 0.717) is 31.8 Å². The highest BCUT2D eigenvalue weighted by Gasteiger charge is 2.31. The maximum absolute atomic E-state index is 12.7. The molecule has 0 saturated carbocycles. The van der Waals surface area contributed by atoms with Crippen molar-refractivity contribution in [3.63, 3.8) is 0 Å². The van der Waals surface area contributed by atoms with Crippen LogP contribution in [0.1, 0.15) is 47.0 Å². The minimum absolute atomic E-state index is 0.0555. The van der Waals surface area contributed by atoms with Crippen LogP contribution in [0.25, 0.3) is 0 Å². The smallest absolute Gasteiger partial charge is 0.254 e. The summed E-state index contributed by atoms with van der Waals surface area (Å²) in [6, 6.07) is 0. The van der Waals surface area contributed by atoms with Crippen LogP contribution >= 0.6 is 11.3 Å². The maximum Gasteiger partial charge on any atom is 0.254 e. The molecule has 1 aliphatic carbocycles. The zero-order chi connectivity index (χ0) is 15.9. The van der Waals surface area contributed by atoms with Crippen LogP contribution in [-0.4, -0.2) is 37.6 Å². The largest absolute Gasteiger partial charge is 0.339 e. The van der Waals surface area contributed by atoms with Gasteiger partial charge in [0.05, 0.1) is 10.8 Å². The monoisotopic (exact) mass is 342 g/mol. The lowest BCUT2D eigenvalue weighted by molar-refractivity contribution is 0.0724. The molecule has 1 aromatic rings. The van der Waals surface area contributed by atoms with Crippen molar-refractivity contribution >= 4 is 27.3 Å². The van der Waals surface area contributed by atoms with Crippen LogP contribution in [0.3, 0.4) is 0 Å². The summed E-state index contributed by atoms with van der Waals surface area (Å²) in [5.74, 6) is 0.750. The number of hydrogen-bond donors (Lipinski definition) is 1. The lowest BCUT2D eigenvalue weighted by atomic mass is 9.88. The summed E-state index contributed by atoms with van der Waals surface area (Å²) in [6.07, 6.45) is 4.06. The zero-order valence-electron chi connectivity index (χ0n) is 12.7. The quantitative estimate of drug-likeness (QED) is 0.889. The second kappa shape index (κ2) is 5.94. The molecule has 1 amide bonds. The van der Waals surface area contributed by atoms with E-state index in [4.69, 9.17) is 5.14 Å². The van der Waals surface area contributed by atoms with Gasteiger partial charge in [-0.3, -0.25) is 4.79 Å². The molecule has 0 aromatic carbocycles. The molecule has 1 atom stereocenters. The molecular weight excluding hydrogens is 320 g/mol. The van der Waals surface area contributed by atoms with Gasteiger partial charge in [0.2, 0.25) is 10.0 Å². The number of primary sulfonamides is 1. The fourth-order valence-electron chi connectivity index (χ4n) is 3.41. The predicted octanol–water partition coefficient (Wildman–Crippen LogP) is 1.77. The Morgan fingerprint density at radius 1 is 1.32 bits per heavy atom. The summed E-state index contributed by atoms with van der Waals surface area (Å²) >= 11 is 1.69. The number of amides is 1. The molecule has 22 heavy (non-hydrogen) atoms. The van der Waals surface area contributed by atoms with Gasteiger partial charge in [-0.15, -0.1) is 11.3 Å². The molecule has 0 bridgehead atoms. The normalized spacial score (nSPS) is 23.4. The number of sulfonamides is 1. The molecule has 1 aliphatic heterocycles. The van der Waals surface area contributed by atoms with Crippen LogP contribution in [0.4, 0.5) is 0 Å². The van der Waals surface area contributed by atoms with Gasteiger partial charge in [-0.2, -0.15) is 0 Å². The molecule has 0 radical (unpaired) electrons. The fraction of sp³-hybridized carbons (Fsp3) is 0.667. The third-order valence-electron chi connectivity index (χ3n) is 4.83. The summed E-state index contributed by atoms with van der Waals surface area (Å²) in [5, 5.41) is 6.68. The Balaban J connectivity index is 1.71. The highest BCUT2D eigenvalue weighted by molar-refractivity contribution is 7.89. The number of rotatable bonds is 2. The topological polar surface area (TPSA) is 80.5 Å². The average molecular weight is 342 g/mol. The molecule has 7 heteroatoms. The van der Waals surface area contributed by atoms with E-state index in [0.717, 1.165) is 24.8 Å². The number of hydrogen-bond acceptors (Lipinski definition) is 4. The molecule has 1 fully saturated rings. The number of likely N-dealkylation sites (tertiary alicyclic amines) is 1. The van der Waals surface area contributed by atoms with E-state index in [1.807, 2.05) is 5.38 Å². The van der Waals surface area contributed by atoms with E-state index < -0.39 is 15.3 Å². The van der Waals surface area contributed by atoms with E-state index in [-0.39, 0.29) is 5.91 Å². The zero-order valence-corrected chi connectivity index (χ0v) is 14.4. The van der Waals surface area contributed by atoms with Crippen molar-refractivity contribution < 1.29 is 13.2 Å². The van der Waals surface area contributed by atoms with Crippen LogP contribution in [0.15, 0.2) is 5.38 Å². The Morgan fingerprint density at radius 3 is 2.64 bits per heavy atom. The summed E-state index contributed by atoms with van der Waals surface area (Å²) in [4.78, 5) is 15.9. The van der Waals surface area contributed by atoms with Gasteiger partial charge in [-0.25, -0.2) is 13.6 Å². The van der Waals surface area contributed by atoms with Crippen molar-refractivity contribution in [3.05, 3.63) is 21.4 Å². The van der Waals surface area contributed by atoms with Crippen LogP contribution in [0.2, 0.25) is 0 Å². The molecule has 1 saturated heterocycles. The van der Waals surface area contributed by atoms with Crippen molar-refractivity contribution in [2.24, 2.45) is 11.1 Å². The van der Waals surface area contributed by atoms with Gasteiger partial charge in [-0.1, -0.05) is 6.92 Å². The maximum atomic E-state index is 12.7. The average Bonchev–Trinajstić information content (AvgIpc) is 2.88. The van der Waals surface area contributed by atoms with Gasteiger partial charge in [0.15, 0.2) is 0 Å². The Morgan fingerprint density at radius 2 is 2.00 bits per heavy atom. The summed E-state index contributed by atoms with van der Waals surface area (Å²) in [5.41, 5.74) is 2.06. The number of nitrogens with zero attached hydrogens (tertiary/aromatic N) is 1. The lowest BCUT2D eigenvalue weighted by Gasteiger charge is -2.31. The fourth-order valence-corrected chi connectivity index (χ4v) is 5.52. The molecular formula is C15H22N2O3S2. The molecule has 1 aromatic heterocycles. The molecule has 0 spiro atoms. The van der Waals surface area contributed by atoms with E-state index in [2.05, 4.69) is 6.92 Å². The molecule has 122 valence electrons. The number of piperidine rings is 1. The standard InChI is InChI=1S/C15H22N2O3S2/c1-10-2-3-12-13(9-21-14(12)8-10)15(18)17-6-4-11(5-7-17)22(16,19)20/h9-11H,2-8H2,1H3,(H2,16,19,20). The van der Waals surface area contributed by atoms with E-state index in [9.17, 15) is 13.2 Å². The van der Waals surface area contributed by atoms with Gasteiger partial charge < -0.3 is 4.90 Å². The highest BCUT2D eigenvalue weighted by atomic mass is 32.2. The Bertz CT molecular complexity index is 673. The summed E-state index contributed by atoms with van der Waals surface area (Å²) < 4.78 is 22.8. The Labute approximate surface area is 135 Å². The minimum atomic E-state index is -3.49. The minimum Gasteiger partial charge on any atom is -0.339 e. The summed E-state index contributed by atoms with van der Waals surface area (Å²) in [6.45, 7) is 3.20. The SMILES string of the molecule is CC1CCc2c(C(=O)N3CCC(S(N)(=O)=O)CC3)csc2C1. The van der Waals surface area contributed by atoms with Crippen LogP contribution in [0.5, 0.6) is 0 Å². The highest BCUT2D eigenvalue weighted by Crippen LogP contribution is 2.33. The molecule has 1 unspecified atom stereocenters. The molecule has 2 aliphatic rings. The van der Waals surface area contributed by atoms with Crippen LogP contribution in [0, 0.1) is 5.92 Å². The van der Waals surface area contributed by atoms with Gasteiger partial charge in [-0.05, 0) is 43.6 Å². The third kappa shape index (κ3) is 3.07. The van der Waals surface area contributed by atoms with Crippen LogP contribution < -0.4 is 5.14 Å². The van der Waals surface area contributed by atoms with Gasteiger partial charge in [0, 0.05) is 23.3 Å². The summed E-state index contributed by atoms with van der Waals surface area (Å²) in [7, 11) is -3.49. The van der Waals surface area contributed by atoms with Crippen molar-refractivity contribution in [1.82, 2.24) is 4.90 Å². The number of thiophene rings is 1. The van der Waals surface area contributed by atoms with E-state index in [1.54, 1.807) is 16.2 Å². The molecule has 3 rings (SSSR count). The van der Waals surface area contributed by atoms with Gasteiger partial charge in [0.1, 0.15) is 0 Å². The first-order chi connectivity index (χ1) is 10.4. The first-order valence-electron chi connectivity index (χ1n) is 7.76. The second-order valence-corrected chi connectivity index (χ2v) is 9.29. The van der Waals surface area contributed by atoms with E-state index in [1.165, 1.54) is 10.4 Å². The second-order valence-electron chi connectivity index (χ2n) is 6.48. The first-order valence-corrected chi connectivity index (χ1v) is 10.3. The predicted molar refractivity (Wildman–Crippen MR) is 87.5 cm³/mol. The van der Waals surface area contributed by atoms with Crippen LogP contribution in [-0.2, 0) is 22.9 Å². The van der Waals surface area contributed by atoms with E-state index >= 15 is 0 Å². The van der Waals surface area contributed by atoms with Crippen molar-refractivity contribution in [2.75, 3.05) is 13.1 Å². The Kier molecular flexibility index (Phi) is 4.31. The van der Waals surface area contributed by atoms with Gasteiger partial charge in [0.25, 0.3) is 5.91 Å². The number of nitrogens with two attached hydrogens (primary N) is 1. The number of carbonyl (C=O) groups excluding carboxylic acids is 1. The van der Waals surface area contributed by atoms with Crippen molar-refractivity contribution in [2.45, 2.75) is 44.3 Å².